The third-order valence-electron chi connectivity index (χ3n) is 5.58. The quantitative estimate of drug-likeness (QED) is 0.527. The first-order chi connectivity index (χ1) is 15.5. The third kappa shape index (κ3) is 5.30. The van der Waals surface area contributed by atoms with Crippen LogP contribution in [0.1, 0.15) is 25.7 Å². The molecule has 0 atom stereocenters. The van der Waals surface area contributed by atoms with Crippen LogP contribution in [0.5, 0.6) is 0 Å². The fraction of sp³-hybridized carbons (Fsp3) is 0.333. The average molecular weight is 458 g/mol. The molecule has 0 spiro atoms. The van der Waals surface area contributed by atoms with Crippen LogP contribution in [0, 0.1) is 11.6 Å². The Morgan fingerprint density at radius 3 is 2.50 bits per heavy atom. The minimum Gasteiger partial charge on any atom is -0.341 e. The molecule has 1 fully saturated rings. The van der Waals surface area contributed by atoms with Gasteiger partial charge in [-0.05, 0) is 31.0 Å². The van der Waals surface area contributed by atoms with E-state index in [2.05, 4.69) is 5.32 Å². The summed E-state index contributed by atoms with van der Waals surface area (Å²) in [4.78, 5) is 28.0. The van der Waals surface area contributed by atoms with Gasteiger partial charge in [0.1, 0.15) is 18.2 Å². The number of hydrogen-bond donors (Lipinski definition) is 1. The number of rotatable bonds is 6. The van der Waals surface area contributed by atoms with E-state index in [1.807, 2.05) is 39.9 Å². The van der Waals surface area contributed by atoms with Crippen molar-refractivity contribution in [3.63, 3.8) is 0 Å². The van der Waals surface area contributed by atoms with Crippen molar-refractivity contribution in [2.24, 2.45) is 0 Å². The molecule has 168 valence electrons. The molecule has 3 aromatic rings. The third-order valence-corrected chi connectivity index (χ3v) is 6.62. The number of para-hydroxylation sites is 1. The maximum atomic E-state index is 13.8. The molecule has 4 rings (SSSR count). The molecule has 0 bridgehead atoms. The number of carbonyl (C=O) groups excluding carboxylic acids is 2. The molecule has 8 heteroatoms. The molecule has 1 aliphatic rings. The van der Waals surface area contributed by atoms with E-state index in [0.717, 1.165) is 53.9 Å². The Kier molecular flexibility index (Phi) is 7.09. The standard InChI is InChI=1S/C24H25F2N3O2S/c25-17-9-10-20(19(26)13-17)27-23(30)16-32-22-14-29(21-8-4-3-7-18(21)22)15-24(31)28-11-5-1-2-6-12-28/h3-4,7-10,13-14H,1-2,5-6,11-12,15-16H2,(H,27,30). The highest BCUT2D eigenvalue weighted by molar-refractivity contribution is 8.00. The van der Waals surface area contributed by atoms with Gasteiger partial charge >= 0.3 is 0 Å². The van der Waals surface area contributed by atoms with Crippen molar-refractivity contribution in [2.45, 2.75) is 37.1 Å². The minimum atomic E-state index is -0.813. The monoisotopic (exact) mass is 457 g/mol. The molecule has 1 N–H and O–H groups in total. The van der Waals surface area contributed by atoms with Crippen LogP contribution in [0.25, 0.3) is 10.9 Å². The van der Waals surface area contributed by atoms with E-state index in [4.69, 9.17) is 0 Å². The summed E-state index contributed by atoms with van der Waals surface area (Å²) in [6, 6.07) is 10.8. The highest BCUT2D eigenvalue weighted by Crippen LogP contribution is 2.30. The molecule has 1 saturated heterocycles. The van der Waals surface area contributed by atoms with Crippen LogP contribution in [-0.2, 0) is 16.1 Å². The SMILES string of the molecule is O=C(CSc1cn(CC(=O)N2CCCCCC2)c2ccccc12)Nc1ccc(F)cc1F. The van der Waals surface area contributed by atoms with Crippen LogP contribution in [0.3, 0.4) is 0 Å². The summed E-state index contributed by atoms with van der Waals surface area (Å²) >= 11 is 1.32. The fourth-order valence-corrected chi connectivity index (χ4v) is 4.83. The van der Waals surface area contributed by atoms with Gasteiger partial charge in [-0.2, -0.15) is 0 Å². The number of fused-ring (bicyclic) bond motifs is 1. The molecule has 0 aliphatic carbocycles. The first kappa shape index (κ1) is 22.3. The van der Waals surface area contributed by atoms with Gasteiger partial charge in [0.15, 0.2) is 0 Å². The minimum absolute atomic E-state index is 0.0533. The first-order valence-corrected chi connectivity index (χ1v) is 11.7. The number of likely N-dealkylation sites (tertiary alicyclic amines) is 1. The van der Waals surface area contributed by atoms with Crippen LogP contribution in [0.2, 0.25) is 0 Å². The van der Waals surface area contributed by atoms with E-state index in [1.54, 1.807) is 0 Å². The van der Waals surface area contributed by atoms with E-state index in [1.165, 1.54) is 30.7 Å². The first-order valence-electron chi connectivity index (χ1n) is 10.7. The zero-order valence-corrected chi connectivity index (χ0v) is 18.5. The normalized spacial score (nSPS) is 14.4. The largest absolute Gasteiger partial charge is 0.341 e. The predicted molar refractivity (Wildman–Crippen MR) is 123 cm³/mol. The smallest absolute Gasteiger partial charge is 0.242 e. The number of amides is 2. The Labute approximate surface area is 189 Å². The Balaban J connectivity index is 1.45. The number of halogens is 2. The predicted octanol–water partition coefficient (Wildman–Crippen LogP) is 5.05. The van der Waals surface area contributed by atoms with E-state index >= 15 is 0 Å². The van der Waals surface area contributed by atoms with Gasteiger partial charge in [0.2, 0.25) is 11.8 Å². The van der Waals surface area contributed by atoms with Crippen molar-refractivity contribution >= 4 is 40.2 Å². The maximum absolute atomic E-state index is 13.8. The Bertz CT molecular complexity index is 1120. The van der Waals surface area contributed by atoms with Crippen molar-refractivity contribution in [3.8, 4) is 0 Å². The highest BCUT2D eigenvalue weighted by atomic mass is 32.2. The number of thioether (sulfide) groups is 1. The molecule has 1 aromatic heterocycles. The molecule has 0 unspecified atom stereocenters. The number of anilines is 1. The number of aromatic nitrogens is 1. The molecular weight excluding hydrogens is 432 g/mol. The second-order valence-corrected chi connectivity index (χ2v) is 8.91. The number of carbonyl (C=O) groups is 2. The lowest BCUT2D eigenvalue weighted by atomic mass is 10.2. The Morgan fingerprint density at radius 1 is 1.00 bits per heavy atom. The van der Waals surface area contributed by atoms with E-state index in [9.17, 15) is 18.4 Å². The van der Waals surface area contributed by atoms with Crippen LogP contribution < -0.4 is 5.32 Å². The van der Waals surface area contributed by atoms with Gasteiger partial charge in [-0.25, -0.2) is 8.78 Å². The van der Waals surface area contributed by atoms with Crippen molar-refractivity contribution in [3.05, 3.63) is 60.3 Å². The van der Waals surface area contributed by atoms with Gasteiger partial charge in [-0.3, -0.25) is 9.59 Å². The van der Waals surface area contributed by atoms with E-state index in [-0.39, 0.29) is 23.9 Å². The van der Waals surface area contributed by atoms with Gasteiger partial charge in [0.05, 0.1) is 11.4 Å². The number of benzene rings is 2. The summed E-state index contributed by atoms with van der Waals surface area (Å²) in [6.45, 7) is 1.87. The van der Waals surface area contributed by atoms with Gasteiger partial charge in [-0.1, -0.05) is 31.0 Å². The fourth-order valence-electron chi connectivity index (χ4n) is 3.95. The van der Waals surface area contributed by atoms with Crippen molar-refractivity contribution in [1.82, 2.24) is 9.47 Å². The summed E-state index contributed by atoms with van der Waals surface area (Å²) in [7, 11) is 0. The molecule has 0 saturated carbocycles. The van der Waals surface area contributed by atoms with E-state index in [0.29, 0.717) is 0 Å². The molecule has 2 heterocycles. The molecule has 2 aromatic carbocycles. The number of nitrogens with one attached hydrogen (secondary N) is 1. The molecule has 5 nitrogen and oxygen atoms in total. The van der Waals surface area contributed by atoms with Gasteiger partial charge in [0, 0.05) is 41.2 Å². The molecule has 32 heavy (non-hydrogen) atoms. The van der Waals surface area contributed by atoms with Crippen LogP contribution in [0.4, 0.5) is 14.5 Å². The lowest BCUT2D eigenvalue weighted by Crippen LogP contribution is -2.34. The van der Waals surface area contributed by atoms with Crippen LogP contribution in [0.15, 0.2) is 53.6 Å². The molecule has 2 amide bonds. The second kappa shape index (κ2) is 10.2. The van der Waals surface area contributed by atoms with Crippen molar-refractivity contribution < 1.29 is 18.4 Å². The average Bonchev–Trinajstić information content (AvgIpc) is 2.94. The topological polar surface area (TPSA) is 54.3 Å². The lowest BCUT2D eigenvalue weighted by Gasteiger charge is -2.20. The van der Waals surface area contributed by atoms with Crippen LogP contribution in [-0.4, -0.2) is 40.1 Å². The second-order valence-electron chi connectivity index (χ2n) is 7.89. The highest BCUT2D eigenvalue weighted by Gasteiger charge is 2.18. The zero-order valence-electron chi connectivity index (χ0n) is 17.7. The zero-order chi connectivity index (χ0) is 22.5. The summed E-state index contributed by atoms with van der Waals surface area (Å²) < 4.78 is 28.8. The Morgan fingerprint density at radius 2 is 1.75 bits per heavy atom. The molecule has 0 radical (unpaired) electrons. The van der Waals surface area contributed by atoms with Gasteiger partial charge in [-0.15, -0.1) is 11.8 Å². The van der Waals surface area contributed by atoms with E-state index < -0.39 is 17.5 Å². The van der Waals surface area contributed by atoms with Gasteiger partial charge < -0.3 is 14.8 Å². The maximum Gasteiger partial charge on any atom is 0.242 e. The number of hydrogen-bond acceptors (Lipinski definition) is 3. The molecular formula is C24H25F2N3O2S. The number of nitrogens with zero attached hydrogens (tertiary/aromatic N) is 2. The van der Waals surface area contributed by atoms with Crippen LogP contribution >= 0.6 is 11.8 Å². The summed E-state index contributed by atoms with van der Waals surface area (Å²) in [5.41, 5.74) is 0.880. The lowest BCUT2D eigenvalue weighted by molar-refractivity contribution is -0.131. The summed E-state index contributed by atoms with van der Waals surface area (Å²) in [6.07, 6.45) is 6.32. The summed E-state index contributed by atoms with van der Waals surface area (Å²) in [5, 5.41) is 3.43. The van der Waals surface area contributed by atoms with Gasteiger partial charge in [0.25, 0.3) is 0 Å². The van der Waals surface area contributed by atoms with Crippen molar-refractivity contribution in [2.75, 3.05) is 24.2 Å². The van der Waals surface area contributed by atoms with Crippen molar-refractivity contribution in [1.29, 1.82) is 0 Å². The Hall–Kier alpha value is -2.87. The summed E-state index contributed by atoms with van der Waals surface area (Å²) in [5.74, 6) is -1.73. The molecule has 1 aliphatic heterocycles.